The van der Waals surface area contributed by atoms with Gasteiger partial charge in [0.2, 0.25) is 17.7 Å². The number of nitrogens with zero attached hydrogens (tertiary/aromatic N) is 2. The maximum atomic E-state index is 12.8. The molecular formula is C23H27N3O5. The molecule has 1 aliphatic rings. The van der Waals surface area contributed by atoms with Crippen molar-refractivity contribution >= 4 is 29.1 Å². The van der Waals surface area contributed by atoms with Gasteiger partial charge in [-0.3, -0.25) is 14.4 Å². The number of carbonyl (C=O) groups excluding carboxylic acids is 3. The summed E-state index contributed by atoms with van der Waals surface area (Å²) in [6.07, 6.45) is 0.119. The third-order valence-electron chi connectivity index (χ3n) is 5.04. The van der Waals surface area contributed by atoms with Crippen molar-refractivity contribution < 1.29 is 23.9 Å². The van der Waals surface area contributed by atoms with Crippen molar-refractivity contribution in [1.29, 1.82) is 0 Å². The number of likely N-dealkylation sites (N-methyl/N-ethyl adjacent to an activating group) is 1. The highest BCUT2D eigenvalue weighted by Gasteiger charge is 2.36. The second-order valence-corrected chi connectivity index (χ2v) is 7.31. The first kappa shape index (κ1) is 22.1. The lowest BCUT2D eigenvalue weighted by Gasteiger charge is -2.21. The summed E-state index contributed by atoms with van der Waals surface area (Å²) in [5.74, 6) is 0.193. The molecule has 2 aromatic carbocycles. The van der Waals surface area contributed by atoms with E-state index in [0.717, 1.165) is 11.4 Å². The molecule has 1 N–H and O–H groups in total. The maximum Gasteiger partial charge on any atom is 0.243 e. The molecular weight excluding hydrogens is 398 g/mol. The van der Waals surface area contributed by atoms with Gasteiger partial charge in [0.1, 0.15) is 11.5 Å². The Labute approximate surface area is 181 Å². The lowest BCUT2D eigenvalue weighted by molar-refractivity contribution is -0.137. The summed E-state index contributed by atoms with van der Waals surface area (Å²) in [6.45, 7) is 2.65. The monoisotopic (exact) mass is 425 g/mol. The molecule has 3 amide bonds. The fourth-order valence-corrected chi connectivity index (χ4v) is 3.52. The Morgan fingerprint density at radius 1 is 1.16 bits per heavy atom. The Morgan fingerprint density at radius 2 is 1.90 bits per heavy atom. The summed E-state index contributed by atoms with van der Waals surface area (Å²) in [5.41, 5.74) is 1.31. The molecule has 8 heteroatoms. The van der Waals surface area contributed by atoms with Crippen LogP contribution >= 0.6 is 0 Å². The zero-order valence-electron chi connectivity index (χ0n) is 18.0. The van der Waals surface area contributed by atoms with Gasteiger partial charge in [0, 0.05) is 37.5 Å². The van der Waals surface area contributed by atoms with Crippen molar-refractivity contribution in [2.24, 2.45) is 5.92 Å². The van der Waals surface area contributed by atoms with Crippen LogP contribution in [0, 0.1) is 5.92 Å². The van der Waals surface area contributed by atoms with Crippen molar-refractivity contribution in [1.82, 2.24) is 4.90 Å². The van der Waals surface area contributed by atoms with Crippen LogP contribution in [-0.2, 0) is 14.4 Å². The van der Waals surface area contributed by atoms with Crippen molar-refractivity contribution in [3.63, 3.8) is 0 Å². The molecule has 1 saturated heterocycles. The van der Waals surface area contributed by atoms with Gasteiger partial charge in [-0.15, -0.1) is 0 Å². The predicted molar refractivity (Wildman–Crippen MR) is 117 cm³/mol. The van der Waals surface area contributed by atoms with Crippen molar-refractivity contribution in [3.8, 4) is 11.5 Å². The van der Waals surface area contributed by atoms with Crippen molar-refractivity contribution in [2.45, 2.75) is 13.3 Å². The summed E-state index contributed by atoms with van der Waals surface area (Å²) in [5, 5.41) is 2.75. The minimum atomic E-state index is -0.492. The highest BCUT2D eigenvalue weighted by molar-refractivity contribution is 6.01. The van der Waals surface area contributed by atoms with E-state index in [9.17, 15) is 14.4 Å². The Hall–Kier alpha value is -3.55. The number of hydrogen-bond acceptors (Lipinski definition) is 5. The summed E-state index contributed by atoms with van der Waals surface area (Å²) < 4.78 is 10.6. The topological polar surface area (TPSA) is 88.2 Å². The normalized spacial score (nSPS) is 15.5. The lowest BCUT2D eigenvalue weighted by atomic mass is 10.1. The zero-order chi connectivity index (χ0) is 22.4. The first-order valence-electron chi connectivity index (χ1n) is 10.1. The molecule has 1 fully saturated rings. The van der Waals surface area contributed by atoms with Crippen LogP contribution in [0.25, 0.3) is 0 Å². The SMILES string of the molecule is CCOc1ccc(N2CC(C(=O)N(C)CC(=O)Nc3cccc(OC)c3)CC2=O)cc1. The van der Waals surface area contributed by atoms with Crippen LogP contribution in [-0.4, -0.2) is 56.5 Å². The number of amides is 3. The maximum absolute atomic E-state index is 12.8. The van der Waals surface area contributed by atoms with Gasteiger partial charge in [0.05, 0.1) is 26.2 Å². The molecule has 1 unspecified atom stereocenters. The van der Waals surface area contributed by atoms with E-state index < -0.39 is 5.92 Å². The van der Waals surface area contributed by atoms with Gasteiger partial charge < -0.3 is 24.6 Å². The van der Waals surface area contributed by atoms with Gasteiger partial charge in [-0.1, -0.05) is 6.07 Å². The van der Waals surface area contributed by atoms with Crippen LogP contribution in [0.2, 0.25) is 0 Å². The van der Waals surface area contributed by atoms with Crippen LogP contribution in [0.3, 0.4) is 0 Å². The van der Waals surface area contributed by atoms with E-state index in [4.69, 9.17) is 9.47 Å². The molecule has 1 heterocycles. The number of ether oxygens (including phenoxy) is 2. The minimum Gasteiger partial charge on any atom is -0.497 e. The summed E-state index contributed by atoms with van der Waals surface area (Å²) in [4.78, 5) is 40.6. The number of methoxy groups -OCH3 is 1. The van der Waals surface area contributed by atoms with E-state index >= 15 is 0 Å². The standard InChI is InChI=1S/C23H27N3O5/c1-4-31-19-10-8-18(9-11-19)26-14-16(12-22(26)28)23(29)25(2)15-21(27)24-17-6-5-7-20(13-17)30-3/h5-11,13,16H,4,12,14-15H2,1-3H3,(H,24,27). The molecule has 0 spiro atoms. The summed E-state index contributed by atoms with van der Waals surface area (Å²) >= 11 is 0. The lowest BCUT2D eigenvalue weighted by Crippen LogP contribution is -2.39. The predicted octanol–water partition coefficient (Wildman–Crippen LogP) is 2.54. The molecule has 3 rings (SSSR count). The number of carbonyl (C=O) groups is 3. The van der Waals surface area contributed by atoms with Gasteiger partial charge in [-0.2, -0.15) is 0 Å². The molecule has 2 aromatic rings. The van der Waals surface area contributed by atoms with Crippen LogP contribution in [0.4, 0.5) is 11.4 Å². The van der Waals surface area contributed by atoms with Gasteiger partial charge in [0.25, 0.3) is 0 Å². The van der Waals surface area contributed by atoms with Crippen molar-refractivity contribution in [3.05, 3.63) is 48.5 Å². The van der Waals surface area contributed by atoms with Crippen LogP contribution in [0.15, 0.2) is 48.5 Å². The molecule has 0 aliphatic carbocycles. The third kappa shape index (κ3) is 5.53. The second-order valence-electron chi connectivity index (χ2n) is 7.31. The van der Waals surface area contributed by atoms with Gasteiger partial charge in [0.15, 0.2) is 0 Å². The molecule has 31 heavy (non-hydrogen) atoms. The number of rotatable bonds is 8. The average molecular weight is 425 g/mol. The van der Waals surface area contributed by atoms with Gasteiger partial charge in [-0.25, -0.2) is 0 Å². The molecule has 0 aromatic heterocycles. The zero-order valence-corrected chi connectivity index (χ0v) is 18.0. The Morgan fingerprint density at radius 3 is 2.58 bits per heavy atom. The molecule has 0 radical (unpaired) electrons. The number of anilines is 2. The minimum absolute atomic E-state index is 0.107. The fraction of sp³-hybridized carbons (Fsp3) is 0.348. The van der Waals surface area contributed by atoms with Crippen LogP contribution < -0.4 is 19.7 Å². The number of benzene rings is 2. The molecule has 8 nitrogen and oxygen atoms in total. The van der Waals surface area contributed by atoms with E-state index in [1.54, 1.807) is 67.6 Å². The van der Waals surface area contributed by atoms with E-state index in [-0.39, 0.29) is 37.2 Å². The van der Waals surface area contributed by atoms with Crippen molar-refractivity contribution in [2.75, 3.05) is 44.1 Å². The first-order valence-corrected chi connectivity index (χ1v) is 10.1. The van der Waals surface area contributed by atoms with E-state index in [0.29, 0.717) is 18.0 Å². The molecule has 0 bridgehead atoms. The van der Waals surface area contributed by atoms with E-state index in [1.807, 2.05) is 6.92 Å². The first-order chi connectivity index (χ1) is 14.9. The highest BCUT2D eigenvalue weighted by Crippen LogP contribution is 2.28. The molecule has 164 valence electrons. The van der Waals surface area contributed by atoms with E-state index in [1.165, 1.54) is 4.90 Å². The smallest absolute Gasteiger partial charge is 0.243 e. The van der Waals surface area contributed by atoms with Gasteiger partial charge >= 0.3 is 0 Å². The Kier molecular flexibility index (Phi) is 7.12. The largest absolute Gasteiger partial charge is 0.497 e. The molecule has 0 saturated carbocycles. The molecule has 1 aliphatic heterocycles. The third-order valence-corrected chi connectivity index (χ3v) is 5.04. The number of hydrogen-bond donors (Lipinski definition) is 1. The highest BCUT2D eigenvalue weighted by atomic mass is 16.5. The fourth-order valence-electron chi connectivity index (χ4n) is 3.52. The number of nitrogens with one attached hydrogen (secondary N) is 1. The van der Waals surface area contributed by atoms with E-state index in [2.05, 4.69) is 5.32 Å². The van der Waals surface area contributed by atoms with Crippen LogP contribution in [0.5, 0.6) is 11.5 Å². The second kappa shape index (κ2) is 9.97. The van der Waals surface area contributed by atoms with Gasteiger partial charge in [-0.05, 0) is 43.3 Å². The Bertz CT molecular complexity index is 944. The van der Waals surface area contributed by atoms with Crippen LogP contribution in [0.1, 0.15) is 13.3 Å². The summed E-state index contributed by atoms with van der Waals surface area (Å²) in [7, 11) is 3.12. The molecule has 1 atom stereocenters. The summed E-state index contributed by atoms with van der Waals surface area (Å²) in [6, 6.07) is 14.2. The Balaban J connectivity index is 1.56. The quantitative estimate of drug-likeness (QED) is 0.702. The average Bonchev–Trinajstić information content (AvgIpc) is 3.15.